The minimum atomic E-state index is -1.29. The van der Waals surface area contributed by atoms with Crippen molar-refractivity contribution in [3.8, 4) is 22.5 Å². The number of halogens is 2. The molecule has 2 aliphatic heterocycles. The number of carbonyl (C=O) groups excluding carboxylic acids is 4. The topological polar surface area (TPSA) is 205 Å². The van der Waals surface area contributed by atoms with Gasteiger partial charge in [0.1, 0.15) is 41.2 Å². The number of hydrogen-bond acceptors (Lipinski definition) is 10. The minimum absolute atomic E-state index is 0.0263. The zero-order chi connectivity index (χ0) is 44.9. The SMILES string of the molecule is CNC(=O)O[C@H](C(=O)N1C[C@H](F)C[C@H]1c1ncc(-c2ccc3c(ccc4oc5cc(-c6cnc([C@@H]7C[C@@H](F)CN7C(=O)[C@@H](NC(=O)OC)C(C)C)[nH]6)ccc5c(=O)c43)c2)[nH]1)C(C)C. The van der Waals surface area contributed by atoms with Gasteiger partial charge in [-0.15, -0.1) is 0 Å². The number of amides is 4. The quantitative estimate of drug-likeness (QED) is 0.0832. The summed E-state index contributed by atoms with van der Waals surface area (Å²) in [4.78, 5) is 83.6. The second-order valence-electron chi connectivity index (χ2n) is 16.7. The molecule has 63 heavy (non-hydrogen) atoms. The summed E-state index contributed by atoms with van der Waals surface area (Å²) in [6.07, 6.45) is -1.94. The van der Waals surface area contributed by atoms with Crippen LogP contribution in [-0.4, -0.2) is 105 Å². The van der Waals surface area contributed by atoms with E-state index in [4.69, 9.17) is 13.9 Å². The first kappa shape index (κ1) is 42.8. The molecule has 2 aliphatic rings. The van der Waals surface area contributed by atoms with Crippen LogP contribution in [0.25, 0.3) is 55.2 Å². The van der Waals surface area contributed by atoms with Crippen molar-refractivity contribution in [2.75, 3.05) is 27.2 Å². The normalized spacial score (nSPS) is 19.9. The van der Waals surface area contributed by atoms with E-state index in [2.05, 4.69) is 30.6 Å². The highest BCUT2D eigenvalue weighted by molar-refractivity contribution is 6.09. The number of ether oxygens (including phenoxy) is 2. The minimum Gasteiger partial charge on any atom is -0.456 e. The van der Waals surface area contributed by atoms with Gasteiger partial charge in [0.05, 0.1) is 66.8 Å². The summed E-state index contributed by atoms with van der Waals surface area (Å²) in [6, 6.07) is 12.0. The van der Waals surface area contributed by atoms with Crippen molar-refractivity contribution in [3.63, 3.8) is 0 Å². The van der Waals surface area contributed by atoms with Crippen LogP contribution in [0.2, 0.25) is 0 Å². The van der Waals surface area contributed by atoms with E-state index in [1.54, 1.807) is 64.4 Å². The lowest BCUT2D eigenvalue weighted by molar-refractivity contribution is -0.144. The van der Waals surface area contributed by atoms with Gasteiger partial charge < -0.3 is 44.3 Å². The Balaban J connectivity index is 1.04. The van der Waals surface area contributed by atoms with E-state index in [9.17, 15) is 32.8 Å². The molecule has 0 aliphatic carbocycles. The van der Waals surface area contributed by atoms with Gasteiger partial charge in [-0.3, -0.25) is 14.4 Å². The number of fused-ring (bicyclic) bond motifs is 4. The lowest BCUT2D eigenvalue weighted by atomic mass is 10.0. The molecular formula is C45H48F2N8O8. The predicted molar refractivity (Wildman–Crippen MR) is 229 cm³/mol. The second kappa shape index (κ2) is 17.1. The van der Waals surface area contributed by atoms with Gasteiger partial charge in [0.2, 0.25) is 11.3 Å². The summed E-state index contributed by atoms with van der Waals surface area (Å²) >= 11 is 0. The van der Waals surface area contributed by atoms with Crippen molar-refractivity contribution in [1.82, 2.24) is 40.4 Å². The maximum Gasteiger partial charge on any atom is 0.407 e. The molecule has 0 radical (unpaired) electrons. The molecule has 5 heterocycles. The zero-order valence-corrected chi connectivity index (χ0v) is 35.5. The molecule has 6 atom stereocenters. The maximum absolute atomic E-state index is 14.9. The fourth-order valence-electron chi connectivity index (χ4n) is 8.58. The van der Waals surface area contributed by atoms with E-state index in [0.717, 1.165) is 10.9 Å². The first-order valence-corrected chi connectivity index (χ1v) is 20.8. The number of benzene rings is 3. The Morgan fingerprint density at radius 1 is 0.778 bits per heavy atom. The summed E-state index contributed by atoms with van der Waals surface area (Å²) in [5.41, 5.74) is 3.07. The van der Waals surface area contributed by atoms with Crippen LogP contribution in [0.3, 0.4) is 0 Å². The molecule has 18 heteroatoms. The third-order valence-corrected chi connectivity index (χ3v) is 11.8. The molecule has 0 spiro atoms. The standard InChI is InChI=1S/C45H48F2N8O8/c1-21(2)37(53-45(60)61-6)42(57)54-19-26(46)15-32(54)40-50-18-31(52-40)25-8-11-29-35(14-25)62-34-12-9-23-13-24(7-10-28(23)36(34)38(29)56)30-17-49-41(51-30)33-16-27(47)20-55(33)43(58)39(22(3)4)63-44(59)48-5/h7-14,17-18,21-22,26-27,32-33,37,39H,15-16,19-20H2,1-6H3,(H,48,59)(H,49,51)(H,50,52)(H,53,60)/t26-,27-,32+,33+,37+,39+/m1/s1. The van der Waals surface area contributed by atoms with E-state index >= 15 is 0 Å². The van der Waals surface area contributed by atoms with E-state index < -0.39 is 60.6 Å². The average Bonchev–Trinajstić information content (AvgIpc) is 4.10. The smallest absolute Gasteiger partial charge is 0.407 e. The van der Waals surface area contributed by atoms with Crippen molar-refractivity contribution in [2.45, 2.75) is 77.1 Å². The number of aromatic amines is 2. The number of likely N-dealkylation sites (tertiary alicyclic amines) is 2. The van der Waals surface area contributed by atoms with Gasteiger partial charge in [-0.05, 0) is 46.9 Å². The van der Waals surface area contributed by atoms with Crippen LogP contribution in [0, 0.1) is 11.8 Å². The zero-order valence-electron chi connectivity index (χ0n) is 35.5. The first-order chi connectivity index (χ1) is 30.1. The van der Waals surface area contributed by atoms with Gasteiger partial charge in [0.25, 0.3) is 5.91 Å². The van der Waals surface area contributed by atoms with Crippen molar-refractivity contribution in [1.29, 1.82) is 0 Å². The van der Waals surface area contributed by atoms with Crippen LogP contribution in [0.4, 0.5) is 18.4 Å². The Bertz CT molecular complexity index is 2800. The number of methoxy groups -OCH3 is 1. The summed E-state index contributed by atoms with van der Waals surface area (Å²) in [7, 11) is 2.60. The van der Waals surface area contributed by atoms with Gasteiger partial charge in [0, 0.05) is 31.0 Å². The molecule has 330 valence electrons. The molecule has 3 aromatic carbocycles. The lowest BCUT2D eigenvalue weighted by Gasteiger charge is -2.29. The van der Waals surface area contributed by atoms with Gasteiger partial charge in [-0.1, -0.05) is 52.0 Å². The number of H-pyrrole nitrogens is 2. The Morgan fingerprint density at radius 3 is 1.94 bits per heavy atom. The van der Waals surface area contributed by atoms with Crippen molar-refractivity contribution >= 4 is 56.7 Å². The molecule has 3 aromatic heterocycles. The fourth-order valence-corrected chi connectivity index (χ4v) is 8.58. The number of alkyl halides is 2. The van der Waals surface area contributed by atoms with E-state index in [1.807, 2.05) is 24.3 Å². The van der Waals surface area contributed by atoms with Crippen LogP contribution < -0.4 is 16.1 Å². The number of imidazole rings is 2. The van der Waals surface area contributed by atoms with Crippen LogP contribution >= 0.6 is 0 Å². The molecule has 0 saturated carbocycles. The maximum atomic E-state index is 14.9. The molecule has 8 rings (SSSR count). The molecule has 0 bridgehead atoms. The van der Waals surface area contributed by atoms with Crippen molar-refractivity contribution < 1.29 is 41.8 Å². The monoisotopic (exact) mass is 866 g/mol. The van der Waals surface area contributed by atoms with Crippen LogP contribution in [0.15, 0.2) is 70.1 Å². The number of rotatable bonds is 10. The van der Waals surface area contributed by atoms with Crippen molar-refractivity contribution in [3.05, 3.63) is 82.8 Å². The number of aromatic nitrogens is 4. The van der Waals surface area contributed by atoms with E-state index in [-0.39, 0.29) is 43.2 Å². The van der Waals surface area contributed by atoms with Crippen molar-refractivity contribution in [2.24, 2.45) is 11.8 Å². The highest BCUT2D eigenvalue weighted by atomic mass is 19.1. The predicted octanol–water partition coefficient (Wildman–Crippen LogP) is 6.86. The summed E-state index contributed by atoms with van der Waals surface area (Å²) in [5.74, 6) is -0.808. The molecule has 4 amide bonds. The van der Waals surface area contributed by atoms with Crippen LogP contribution in [0.5, 0.6) is 0 Å². The Labute approximate surface area is 359 Å². The second-order valence-corrected chi connectivity index (χ2v) is 16.7. The van der Waals surface area contributed by atoms with Gasteiger partial charge in [0.15, 0.2) is 6.10 Å². The molecule has 6 aromatic rings. The highest BCUT2D eigenvalue weighted by Crippen LogP contribution is 2.37. The van der Waals surface area contributed by atoms with E-state index in [1.165, 1.54) is 24.0 Å². The van der Waals surface area contributed by atoms with E-state index in [0.29, 0.717) is 55.9 Å². The molecule has 0 unspecified atom stereocenters. The molecule has 16 nitrogen and oxygen atoms in total. The number of nitrogens with zero attached hydrogens (tertiary/aromatic N) is 4. The number of carbonyl (C=O) groups is 4. The Hall–Kier alpha value is -6.85. The number of nitrogens with one attached hydrogen (secondary N) is 4. The average molecular weight is 867 g/mol. The summed E-state index contributed by atoms with van der Waals surface area (Å²) in [5, 5.41) is 7.09. The fraction of sp³-hybridized carbons (Fsp3) is 0.400. The largest absolute Gasteiger partial charge is 0.456 e. The third kappa shape index (κ3) is 8.16. The van der Waals surface area contributed by atoms with Crippen LogP contribution in [0.1, 0.15) is 64.3 Å². The van der Waals surface area contributed by atoms with Gasteiger partial charge >= 0.3 is 12.2 Å². The Kier molecular flexibility index (Phi) is 11.6. The molecule has 2 fully saturated rings. The number of hydrogen-bond donors (Lipinski definition) is 4. The molecule has 4 N–H and O–H groups in total. The van der Waals surface area contributed by atoms with Gasteiger partial charge in [-0.25, -0.2) is 28.3 Å². The number of alkyl carbamates (subject to hydrolysis) is 2. The molecular weight excluding hydrogens is 819 g/mol. The van der Waals surface area contributed by atoms with Crippen LogP contribution in [-0.2, 0) is 19.1 Å². The first-order valence-electron chi connectivity index (χ1n) is 20.8. The Morgan fingerprint density at radius 2 is 1.37 bits per heavy atom. The highest BCUT2D eigenvalue weighted by Gasteiger charge is 2.43. The molecule has 2 saturated heterocycles. The third-order valence-electron chi connectivity index (χ3n) is 11.8. The lowest BCUT2D eigenvalue weighted by Crippen LogP contribution is -2.51. The summed E-state index contributed by atoms with van der Waals surface area (Å²) in [6.45, 7) is 6.75. The summed E-state index contributed by atoms with van der Waals surface area (Å²) < 4.78 is 46.1. The van der Waals surface area contributed by atoms with Gasteiger partial charge in [-0.2, -0.15) is 0 Å².